The highest BCUT2D eigenvalue weighted by Crippen LogP contribution is 2.31. The highest BCUT2D eigenvalue weighted by Gasteiger charge is 2.31. The molecule has 1 N–H and O–H groups in total. The third-order valence-corrected chi connectivity index (χ3v) is 6.03. The standard InChI is InChI=1S/C25H18F3N3O3S/c1-15(32)18-9-2-4-11-20(18)29-22(33)14-35-24-30-21-12-5-3-10-19(21)23(34)31(24)17-8-6-7-16(13-17)25(26,27)28/h2-13H,14H2,1H3,(H,29,33). The van der Waals surface area contributed by atoms with E-state index in [4.69, 9.17) is 0 Å². The molecule has 4 aromatic rings. The van der Waals surface area contributed by atoms with Crippen LogP contribution in [0, 0.1) is 0 Å². The van der Waals surface area contributed by atoms with Gasteiger partial charge in [-0.05, 0) is 49.4 Å². The number of alkyl halides is 3. The minimum absolute atomic E-state index is 0.0205. The molecule has 0 atom stereocenters. The highest BCUT2D eigenvalue weighted by molar-refractivity contribution is 7.99. The summed E-state index contributed by atoms with van der Waals surface area (Å²) < 4.78 is 41.0. The van der Waals surface area contributed by atoms with Crippen LogP contribution in [0.25, 0.3) is 16.6 Å². The minimum atomic E-state index is -4.60. The van der Waals surface area contributed by atoms with Crippen molar-refractivity contribution in [1.29, 1.82) is 0 Å². The average molecular weight is 497 g/mol. The number of hydrogen-bond acceptors (Lipinski definition) is 5. The molecular weight excluding hydrogens is 479 g/mol. The van der Waals surface area contributed by atoms with Gasteiger partial charge in [-0.25, -0.2) is 4.98 Å². The van der Waals surface area contributed by atoms with Crippen molar-refractivity contribution in [3.8, 4) is 5.69 Å². The molecule has 35 heavy (non-hydrogen) atoms. The van der Waals surface area contributed by atoms with Gasteiger partial charge in [0.05, 0.1) is 33.6 Å². The number of para-hydroxylation sites is 2. The first-order valence-electron chi connectivity index (χ1n) is 10.4. The lowest BCUT2D eigenvalue weighted by molar-refractivity contribution is -0.137. The molecule has 0 spiro atoms. The molecule has 0 bridgehead atoms. The van der Waals surface area contributed by atoms with E-state index in [0.29, 0.717) is 16.8 Å². The number of ketones is 1. The molecule has 0 radical (unpaired) electrons. The zero-order valence-electron chi connectivity index (χ0n) is 18.3. The van der Waals surface area contributed by atoms with E-state index < -0.39 is 23.2 Å². The molecule has 0 fully saturated rings. The first-order chi connectivity index (χ1) is 16.6. The average Bonchev–Trinajstić information content (AvgIpc) is 2.82. The molecule has 1 heterocycles. The number of carbonyl (C=O) groups excluding carboxylic acids is 2. The number of fused-ring (bicyclic) bond motifs is 1. The molecule has 0 unspecified atom stereocenters. The Bertz CT molecular complexity index is 1500. The summed E-state index contributed by atoms with van der Waals surface area (Å²) in [6.07, 6.45) is -4.60. The normalized spacial score (nSPS) is 11.4. The topological polar surface area (TPSA) is 81.1 Å². The van der Waals surface area contributed by atoms with Crippen LogP contribution in [0.3, 0.4) is 0 Å². The molecule has 4 rings (SSSR count). The van der Waals surface area contributed by atoms with Gasteiger partial charge in [-0.2, -0.15) is 13.2 Å². The molecule has 6 nitrogen and oxygen atoms in total. The second-order valence-corrected chi connectivity index (χ2v) is 8.48. The number of hydrogen-bond donors (Lipinski definition) is 1. The number of rotatable bonds is 6. The lowest BCUT2D eigenvalue weighted by Gasteiger charge is -2.15. The molecule has 1 aromatic heterocycles. The number of halogens is 3. The molecule has 0 saturated carbocycles. The number of aromatic nitrogens is 2. The van der Waals surface area contributed by atoms with Gasteiger partial charge in [0.15, 0.2) is 10.9 Å². The SMILES string of the molecule is CC(=O)c1ccccc1NC(=O)CSc1nc2ccccc2c(=O)n1-c1cccc(C(F)(F)F)c1. The van der Waals surface area contributed by atoms with Crippen molar-refractivity contribution in [3.63, 3.8) is 0 Å². The number of thioether (sulfide) groups is 1. The maximum absolute atomic E-state index is 13.3. The summed E-state index contributed by atoms with van der Waals surface area (Å²) in [6.45, 7) is 1.38. The van der Waals surface area contributed by atoms with Crippen molar-refractivity contribution in [2.45, 2.75) is 18.3 Å². The van der Waals surface area contributed by atoms with Crippen LogP contribution in [-0.2, 0) is 11.0 Å². The van der Waals surface area contributed by atoms with Crippen LogP contribution in [0.2, 0.25) is 0 Å². The van der Waals surface area contributed by atoms with E-state index in [9.17, 15) is 27.6 Å². The molecular formula is C25H18F3N3O3S. The Morgan fingerprint density at radius 2 is 1.71 bits per heavy atom. The Labute approximate surface area is 201 Å². The second kappa shape index (κ2) is 9.75. The summed E-state index contributed by atoms with van der Waals surface area (Å²) in [5, 5.41) is 2.95. The predicted molar refractivity (Wildman–Crippen MR) is 128 cm³/mol. The summed E-state index contributed by atoms with van der Waals surface area (Å²) in [7, 11) is 0. The van der Waals surface area contributed by atoms with Crippen molar-refractivity contribution < 1.29 is 22.8 Å². The molecule has 3 aromatic carbocycles. The smallest absolute Gasteiger partial charge is 0.325 e. The van der Waals surface area contributed by atoms with E-state index in [1.807, 2.05) is 0 Å². The number of benzene rings is 3. The van der Waals surface area contributed by atoms with Crippen LogP contribution < -0.4 is 10.9 Å². The summed E-state index contributed by atoms with van der Waals surface area (Å²) in [5.41, 5.74) is -0.453. The van der Waals surface area contributed by atoms with Crippen molar-refractivity contribution in [2.24, 2.45) is 0 Å². The van der Waals surface area contributed by atoms with Crippen LogP contribution in [0.1, 0.15) is 22.8 Å². The van der Waals surface area contributed by atoms with Crippen molar-refractivity contribution in [2.75, 3.05) is 11.1 Å². The predicted octanol–water partition coefficient (Wildman–Crippen LogP) is 5.34. The van der Waals surface area contributed by atoms with Gasteiger partial charge in [0.2, 0.25) is 5.91 Å². The lowest BCUT2D eigenvalue weighted by atomic mass is 10.1. The first-order valence-corrected chi connectivity index (χ1v) is 11.4. The van der Waals surface area contributed by atoms with Gasteiger partial charge in [-0.3, -0.25) is 19.0 Å². The van der Waals surface area contributed by atoms with Crippen LogP contribution in [0.15, 0.2) is 82.7 Å². The Kier molecular flexibility index (Phi) is 6.74. The third-order valence-electron chi connectivity index (χ3n) is 5.09. The van der Waals surface area contributed by atoms with Gasteiger partial charge in [-0.15, -0.1) is 0 Å². The van der Waals surface area contributed by atoms with E-state index in [0.717, 1.165) is 28.5 Å². The Morgan fingerprint density at radius 3 is 2.46 bits per heavy atom. The number of nitrogens with zero attached hydrogens (tertiary/aromatic N) is 2. The summed E-state index contributed by atoms with van der Waals surface area (Å²) >= 11 is 0.899. The minimum Gasteiger partial charge on any atom is -0.325 e. The van der Waals surface area contributed by atoms with E-state index in [2.05, 4.69) is 10.3 Å². The number of amides is 1. The first kappa shape index (κ1) is 24.2. The zero-order chi connectivity index (χ0) is 25.2. The van der Waals surface area contributed by atoms with Gasteiger partial charge in [0, 0.05) is 5.56 Å². The van der Waals surface area contributed by atoms with Crippen LogP contribution in [0.5, 0.6) is 0 Å². The summed E-state index contributed by atoms with van der Waals surface area (Å²) in [5.74, 6) is -0.888. The van der Waals surface area contributed by atoms with Crippen LogP contribution >= 0.6 is 11.8 Å². The fourth-order valence-electron chi connectivity index (χ4n) is 3.47. The molecule has 178 valence electrons. The number of carbonyl (C=O) groups is 2. The quantitative estimate of drug-likeness (QED) is 0.221. The fourth-order valence-corrected chi connectivity index (χ4v) is 4.29. The Hall–Kier alpha value is -3.92. The number of anilines is 1. The molecule has 0 saturated heterocycles. The molecule has 0 aliphatic heterocycles. The maximum Gasteiger partial charge on any atom is 0.416 e. The van der Waals surface area contributed by atoms with Crippen LogP contribution in [0.4, 0.5) is 18.9 Å². The monoisotopic (exact) mass is 497 g/mol. The Morgan fingerprint density at radius 1 is 1.00 bits per heavy atom. The molecule has 0 aliphatic rings. The van der Waals surface area contributed by atoms with Crippen molar-refractivity contribution >= 4 is 40.0 Å². The zero-order valence-corrected chi connectivity index (χ0v) is 19.1. The van der Waals surface area contributed by atoms with Crippen molar-refractivity contribution in [1.82, 2.24) is 9.55 Å². The highest BCUT2D eigenvalue weighted by atomic mass is 32.2. The fraction of sp³-hybridized carbons (Fsp3) is 0.120. The second-order valence-electron chi connectivity index (χ2n) is 7.54. The molecule has 10 heteroatoms. The molecule has 1 amide bonds. The van der Waals surface area contributed by atoms with Gasteiger partial charge in [0.25, 0.3) is 5.56 Å². The summed E-state index contributed by atoms with van der Waals surface area (Å²) in [6, 6.07) is 17.3. The van der Waals surface area contributed by atoms with Gasteiger partial charge < -0.3 is 5.32 Å². The van der Waals surface area contributed by atoms with Gasteiger partial charge in [-0.1, -0.05) is 42.1 Å². The largest absolute Gasteiger partial charge is 0.416 e. The number of nitrogens with one attached hydrogen (secondary N) is 1. The van der Waals surface area contributed by atoms with E-state index in [1.54, 1.807) is 42.5 Å². The van der Waals surface area contributed by atoms with E-state index in [-0.39, 0.29) is 27.8 Å². The van der Waals surface area contributed by atoms with E-state index in [1.165, 1.54) is 25.1 Å². The molecule has 0 aliphatic carbocycles. The van der Waals surface area contributed by atoms with E-state index >= 15 is 0 Å². The maximum atomic E-state index is 13.3. The van der Waals surface area contributed by atoms with Gasteiger partial charge >= 0.3 is 6.18 Å². The summed E-state index contributed by atoms with van der Waals surface area (Å²) in [4.78, 5) is 42.1. The van der Waals surface area contributed by atoms with Crippen molar-refractivity contribution in [3.05, 3.63) is 94.3 Å². The van der Waals surface area contributed by atoms with Gasteiger partial charge in [0.1, 0.15) is 0 Å². The number of Topliss-reactive ketones (excluding diaryl/α,β-unsaturated/α-hetero) is 1. The lowest BCUT2D eigenvalue weighted by Crippen LogP contribution is -2.23. The Balaban J connectivity index is 1.71. The van der Waals surface area contributed by atoms with Crippen LogP contribution in [-0.4, -0.2) is 27.0 Å². The third kappa shape index (κ3) is 5.27.